The van der Waals surface area contributed by atoms with Crippen molar-refractivity contribution in [1.29, 1.82) is 0 Å². The number of ketones is 1. The van der Waals surface area contributed by atoms with Crippen LogP contribution in [0.4, 0.5) is 0 Å². The molecule has 0 N–H and O–H groups in total. The maximum absolute atomic E-state index is 12.6. The number of carbonyl (C=O) groups is 1. The number of ether oxygens (including phenoxy) is 1. The van der Waals surface area contributed by atoms with Crippen molar-refractivity contribution in [3.8, 4) is 0 Å². The summed E-state index contributed by atoms with van der Waals surface area (Å²) in [5.74, 6) is -0.115. The molecule has 5 heteroatoms. The van der Waals surface area contributed by atoms with Gasteiger partial charge < -0.3 is 4.74 Å². The monoisotopic (exact) mass is 349 g/mol. The Bertz CT molecular complexity index is 695. The van der Waals surface area contributed by atoms with Crippen molar-refractivity contribution in [3.63, 3.8) is 0 Å². The Kier molecular flexibility index (Phi) is 5.34. The lowest BCUT2D eigenvalue weighted by atomic mass is 10.0. The topological polar surface area (TPSA) is 29.5 Å². The summed E-state index contributed by atoms with van der Waals surface area (Å²) in [7, 11) is 0. The third kappa shape index (κ3) is 4.12. The number of halogens is 2. The largest absolute Gasteiger partial charge is 0.379 e. The molecule has 0 aromatic heterocycles. The fourth-order valence-electron chi connectivity index (χ4n) is 2.61. The number of rotatable bonds is 4. The molecule has 0 radical (unpaired) electrons. The van der Waals surface area contributed by atoms with Crippen LogP contribution in [0.25, 0.3) is 0 Å². The first-order valence-corrected chi connectivity index (χ1v) is 8.28. The first kappa shape index (κ1) is 16.5. The first-order valence-electron chi connectivity index (χ1n) is 7.52. The molecule has 1 heterocycles. The van der Waals surface area contributed by atoms with Crippen molar-refractivity contribution >= 4 is 29.0 Å². The second kappa shape index (κ2) is 7.45. The summed E-state index contributed by atoms with van der Waals surface area (Å²) in [5, 5.41) is 0.915. The normalized spacial score (nSPS) is 15.6. The average Bonchev–Trinajstić information content (AvgIpc) is 2.58. The standard InChI is InChI=1S/C18H17Cl2NO2/c19-15-5-6-17(20)16(11-15)18(22)14-3-1-13(2-4-14)12-21-7-9-23-10-8-21/h1-6,11H,7-10,12H2. The number of benzene rings is 2. The van der Waals surface area contributed by atoms with Gasteiger partial charge in [-0.3, -0.25) is 9.69 Å². The van der Waals surface area contributed by atoms with E-state index in [1.807, 2.05) is 24.3 Å². The van der Waals surface area contributed by atoms with Crippen LogP contribution >= 0.6 is 23.2 Å². The molecular formula is C18H17Cl2NO2. The molecule has 0 saturated carbocycles. The van der Waals surface area contributed by atoms with Crippen LogP contribution in [0.2, 0.25) is 10.0 Å². The van der Waals surface area contributed by atoms with E-state index in [0.717, 1.165) is 32.8 Å². The Morgan fingerprint density at radius 3 is 2.43 bits per heavy atom. The molecule has 2 aromatic rings. The predicted molar refractivity (Wildman–Crippen MR) is 92.4 cm³/mol. The number of morpholine rings is 1. The average molecular weight is 350 g/mol. The second-order valence-corrected chi connectivity index (χ2v) is 6.38. The molecule has 3 nitrogen and oxygen atoms in total. The minimum Gasteiger partial charge on any atom is -0.379 e. The lowest BCUT2D eigenvalue weighted by Crippen LogP contribution is -2.35. The summed E-state index contributed by atoms with van der Waals surface area (Å²) >= 11 is 12.1. The Balaban J connectivity index is 1.73. The van der Waals surface area contributed by atoms with Crippen molar-refractivity contribution in [3.05, 3.63) is 69.2 Å². The first-order chi connectivity index (χ1) is 11.1. The Morgan fingerprint density at radius 1 is 1.04 bits per heavy atom. The molecule has 0 unspecified atom stereocenters. The van der Waals surface area contributed by atoms with Crippen molar-refractivity contribution in [2.75, 3.05) is 26.3 Å². The van der Waals surface area contributed by atoms with Crippen molar-refractivity contribution in [1.82, 2.24) is 4.90 Å². The highest BCUT2D eigenvalue weighted by atomic mass is 35.5. The van der Waals surface area contributed by atoms with Crippen LogP contribution in [-0.4, -0.2) is 37.0 Å². The maximum atomic E-state index is 12.6. The SMILES string of the molecule is O=C(c1ccc(CN2CCOCC2)cc1)c1cc(Cl)ccc1Cl. The van der Waals surface area contributed by atoms with Gasteiger partial charge in [0.25, 0.3) is 0 Å². The zero-order valence-electron chi connectivity index (χ0n) is 12.6. The Labute approximate surface area is 145 Å². The zero-order chi connectivity index (χ0) is 16.2. The molecular weight excluding hydrogens is 333 g/mol. The van der Waals surface area contributed by atoms with Crippen LogP contribution in [0.3, 0.4) is 0 Å². The van der Waals surface area contributed by atoms with E-state index < -0.39 is 0 Å². The molecule has 3 rings (SSSR count). The maximum Gasteiger partial charge on any atom is 0.194 e. The number of nitrogens with zero attached hydrogens (tertiary/aromatic N) is 1. The third-order valence-corrected chi connectivity index (χ3v) is 4.46. The third-order valence-electron chi connectivity index (χ3n) is 3.90. The summed E-state index contributed by atoms with van der Waals surface area (Å²) in [6.45, 7) is 4.32. The highest BCUT2D eigenvalue weighted by molar-refractivity contribution is 6.36. The molecule has 0 aliphatic carbocycles. The molecule has 0 amide bonds. The van der Waals surface area contributed by atoms with E-state index in [4.69, 9.17) is 27.9 Å². The van der Waals surface area contributed by atoms with Crippen LogP contribution < -0.4 is 0 Å². The number of hydrogen-bond acceptors (Lipinski definition) is 3. The molecule has 1 aliphatic rings. The molecule has 0 spiro atoms. The van der Waals surface area contributed by atoms with Gasteiger partial charge in [0.05, 0.1) is 18.2 Å². The summed E-state index contributed by atoms with van der Waals surface area (Å²) < 4.78 is 5.35. The molecule has 1 saturated heterocycles. The van der Waals surface area contributed by atoms with Gasteiger partial charge in [0.2, 0.25) is 0 Å². The fraction of sp³-hybridized carbons (Fsp3) is 0.278. The van der Waals surface area contributed by atoms with Gasteiger partial charge in [0.1, 0.15) is 0 Å². The van der Waals surface area contributed by atoms with Crippen molar-refractivity contribution in [2.24, 2.45) is 0 Å². The van der Waals surface area contributed by atoms with Gasteiger partial charge in [-0.25, -0.2) is 0 Å². The van der Waals surface area contributed by atoms with Crippen LogP contribution in [0.15, 0.2) is 42.5 Å². The zero-order valence-corrected chi connectivity index (χ0v) is 14.1. The van der Waals surface area contributed by atoms with Crippen LogP contribution in [0.1, 0.15) is 21.5 Å². The van der Waals surface area contributed by atoms with E-state index in [1.54, 1.807) is 18.2 Å². The summed E-state index contributed by atoms with van der Waals surface area (Å²) in [6.07, 6.45) is 0. The van der Waals surface area contributed by atoms with Crippen molar-refractivity contribution < 1.29 is 9.53 Å². The molecule has 23 heavy (non-hydrogen) atoms. The molecule has 0 atom stereocenters. The van der Waals surface area contributed by atoms with E-state index in [1.165, 1.54) is 5.56 Å². The molecule has 2 aromatic carbocycles. The minimum absolute atomic E-state index is 0.115. The van der Waals surface area contributed by atoms with Gasteiger partial charge in [-0.2, -0.15) is 0 Å². The van der Waals surface area contributed by atoms with Crippen molar-refractivity contribution in [2.45, 2.75) is 6.54 Å². The number of hydrogen-bond donors (Lipinski definition) is 0. The van der Waals surface area contributed by atoms with Crippen LogP contribution in [0.5, 0.6) is 0 Å². The van der Waals surface area contributed by atoms with Crippen LogP contribution in [0, 0.1) is 0 Å². The smallest absolute Gasteiger partial charge is 0.194 e. The second-order valence-electron chi connectivity index (χ2n) is 5.54. The van der Waals surface area contributed by atoms with Gasteiger partial charge in [0.15, 0.2) is 5.78 Å². The van der Waals surface area contributed by atoms with Gasteiger partial charge >= 0.3 is 0 Å². The predicted octanol–water partition coefficient (Wildman–Crippen LogP) is 4.06. The van der Waals surface area contributed by atoms with E-state index in [0.29, 0.717) is 21.2 Å². The molecule has 1 fully saturated rings. The molecule has 1 aliphatic heterocycles. The summed E-state index contributed by atoms with van der Waals surface area (Å²) in [4.78, 5) is 14.9. The highest BCUT2D eigenvalue weighted by Gasteiger charge is 2.14. The van der Waals surface area contributed by atoms with E-state index in [-0.39, 0.29) is 5.78 Å². The summed E-state index contributed by atoms with van der Waals surface area (Å²) in [6, 6.07) is 12.6. The number of carbonyl (C=O) groups excluding carboxylic acids is 1. The summed E-state index contributed by atoms with van der Waals surface area (Å²) in [5.41, 5.74) is 2.22. The minimum atomic E-state index is -0.115. The molecule has 0 bridgehead atoms. The lowest BCUT2D eigenvalue weighted by molar-refractivity contribution is 0.0342. The van der Waals surface area contributed by atoms with Gasteiger partial charge in [-0.15, -0.1) is 0 Å². The van der Waals surface area contributed by atoms with Crippen LogP contribution in [-0.2, 0) is 11.3 Å². The molecule has 120 valence electrons. The quantitative estimate of drug-likeness (QED) is 0.779. The van der Waals surface area contributed by atoms with E-state index >= 15 is 0 Å². The van der Waals surface area contributed by atoms with Gasteiger partial charge in [-0.1, -0.05) is 47.5 Å². The van der Waals surface area contributed by atoms with E-state index in [9.17, 15) is 4.79 Å². The van der Waals surface area contributed by atoms with Gasteiger partial charge in [-0.05, 0) is 23.8 Å². The highest BCUT2D eigenvalue weighted by Crippen LogP contribution is 2.23. The van der Waals surface area contributed by atoms with E-state index in [2.05, 4.69) is 4.90 Å². The Hall–Kier alpha value is -1.39. The lowest BCUT2D eigenvalue weighted by Gasteiger charge is -2.26. The fourth-order valence-corrected chi connectivity index (χ4v) is 2.98. The van der Waals surface area contributed by atoms with Gasteiger partial charge in [0, 0.05) is 35.8 Å². The Morgan fingerprint density at radius 2 is 1.74 bits per heavy atom.